The van der Waals surface area contributed by atoms with Crippen molar-refractivity contribution < 1.29 is 62.4 Å². The third-order valence-electron chi connectivity index (χ3n) is 15.2. The van der Waals surface area contributed by atoms with Gasteiger partial charge in [0.1, 0.15) is 48.2 Å². The number of nitrogens with zero attached hydrogens (tertiary/aromatic N) is 1. The highest BCUT2D eigenvalue weighted by Gasteiger charge is 2.57. The lowest BCUT2D eigenvalue weighted by atomic mass is 9.68. The predicted molar refractivity (Wildman–Crippen MR) is 257 cm³/mol. The topological polar surface area (TPSA) is 192 Å². The summed E-state index contributed by atoms with van der Waals surface area (Å²) in [4.78, 5) is 72.5. The van der Waals surface area contributed by atoms with Gasteiger partial charge in [-0.25, -0.2) is 4.79 Å². The van der Waals surface area contributed by atoms with Crippen LogP contribution in [-0.4, -0.2) is 133 Å². The molecule has 14 nitrogen and oxygen atoms in total. The van der Waals surface area contributed by atoms with Crippen LogP contribution in [0.5, 0.6) is 0 Å². The molecule has 1 aliphatic carbocycles. The first kappa shape index (κ1) is 55.1. The molecule has 0 aromatic carbocycles. The Bertz CT molecular complexity index is 1920. The zero-order valence-corrected chi connectivity index (χ0v) is 43.0. The van der Waals surface area contributed by atoms with Crippen molar-refractivity contribution in [2.24, 2.45) is 41.4 Å². The van der Waals surface area contributed by atoms with Gasteiger partial charge in [0.15, 0.2) is 5.78 Å². The fourth-order valence-electron chi connectivity index (χ4n) is 11.2. The molecule has 1 saturated carbocycles. The summed E-state index contributed by atoms with van der Waals surface area (Å²) >= 11 is 1.43. The van der Waals surface area contributed by atoms with E-state index in [1.807, 2.05) is 51.2 Å². The van der Waals surface area contributed by atoms with Gasteiger partial charge in [0, 0.05) is 64.4 Å². The molecule has 2 N–H and O–H groups in total. The summed E-state index contributed by atoms with van der Waals surface area (Å²) < 4.78 is 42.1. The fourth-order valence-corrected chi connectivity index (χ4v) is 14.1. The van der Waals surface area contributed by atoms with Crippen LogP contribution in [0.15, 0.2) is 47.6 Å². The highest BCUT2D eigenvalue weighted by Crippen LogP contribution is 2.49. The van der Waals surface area contributed by atoms with Gasteiger partial charge < -0.3 is 38.8 Å². The molecule has 0 radical (unpaired) electrons. The van der Waals surface area contributed by atoms with Gasteiger partial charge in [0.2, 0.25) is 5.79 Å². The van der Waals surface area contributed by atoms with Crippen LogP contribution in [0.4, 0.5) is 0 Å². The highest BCUT2D eigenvalue weighted by atomic mass is 32.7. The maximum Gasteiger partial charge on any atom is 0.407 e. The molecule has 16 heteroatoms. The van der Waals surface area contributed by atoms with Crippen molar-refractivity contribution in [3.63, 3.8) is 0 Å². The van der Waals surface area contributed by atoms with E-state index in [1.165, 1.54) is 23.4 Å². The number of fused-ring (bicyclic) bond motifs is 4. The second-order valence-electron chi connectivity index (χ2n) is 20.0. The van der Waals surface area contributed by atoms with E-state index in [1.54, 1.807) is 47.7 Å². The average molecular weight is 975 g/mol. The van der Waals surface area contributed by atoms with E-state index in [-0.39, 0.29) is 53.6 Å². The molecule has 4 aliphatic heterocycles. The number of hydrogen-bond acceptors (Lipinski definition) is 14. The average Bonchev–Trinajstić information content (AvgIpc) is 3.29. The Labute approximate surface area is 402 Å². The highest BCUT2D eigenvalue weighted by molar-refractivity contribution is 8.51. The zero-order valence-electron chi connectivity index (χ0n) is 41.3. The number of methoxy groups -OCH3 is 3. The predicted octanol–water partition coefficient (Wildman–Crippen LogP) is 7.51. The van der Waals surface area contributed by atoms with E-state index in [4.69, 9.17) is 23.7 Å². The maximum absolute atomic E-state index is 14.5. The Balaban J connectivity index is 1.51. The van der Waals surface area contributed by atoms with Crippen LogP contribution in [0, 0.1) is 41.4 Å². The van der Waals surface area contributed by atoms with Crippen molar-refractivity contribution in [1.82, 2.24) is 4.90 Å². The Hall–Kier alpha value is -2.88. The number of hydrogen-bond donors (Lipinski definition) is 2. The normalized spacial score (nSPS) is 39.5. The maximum atomic E-state index is 14.5. The van der Waals surface area contributed by atoms with Crippen molar-refractivity contribution in [1.29, 1.82) is 0 Å². The molecule has 4 fully saturated rings. The number of piperidine rings is 1. The molecule has 17 unspecified atom stereocenters. The molecule has 0 aromatic heterocycles. The molecule has 0 aromatic rings. The van der Waals surface area contributed by atoms with Crippen LogP contribution >= 0.6 is 18.4 Å². The van der Waals surface area contributed by atoms with E-state index in [0.29, 0.717) is 56.9 Å². The lowest BCUT2D eigenvalue weighted by molar-refractivity contribution is -0.266. The number of carbonyl (C=O) groups is 5. The first-order chi connectivity index (χ1) is 31.7. The van der Waals surface area contributed by atoms with E-state index in [9.17, 15) is 38.8 Å². The minimum Gasteiger partial charge on any atom is -0.460 e. The monoisotopic (exact) mass is 974 g/mol. The smallest absolute Gasteiger partial charge is 0.407 e. The second-order valence-corrected chi connectivity index (χ2v) is 23.9. The van der Waals surface area contributed by atoms with Crippen LogP contribution in [0.1, 0.15) is 112 Å². The lowest BCUT2D eigenvalue weighted by Crippen LogP contribution is -2.65. The number of aliphatic hydroxyl groups is 2. The van der Waals surface area contributed by atoms with Crippen molar-refractivity contribution in [2.45, 2.75) is 166 Å². The molecular weight excluding hydrogens is 898 g/mol. The molecule has 5 rings (SSSR count). The zero-order chi connectivity index (χ0) is 49.3. The number of amides is 1. The number of ether oxygens (including phenoxy) is 5. The van der Waals surface area contributed by atoms with Crippen LogP contribution in [0.2, 0.25) is 0 Å². The number of aliphatic hydroxyl groups excluding tert-OH is 1. The standard InChI is InChI=1S/C51H77NO13PS/c1-29-15-12-11-13-16-30(2)40(61-7)27-36-20-18-34(6)51(59,65-36)48(56)49(57)52-22-14-17-37-38(25-35-19-21-43(67-66(10)60)42(26-35)62-8)41(64-50(58)44(37)52)28-39(53)31(3)24-33(5)46(55)47(63-9)45(54)32(4)23-29/h11-13,15-16,24,29,31-32,34-38,40-44,46-47,55,59H,14,17-23,25-28H2,1-10H3/q+1. The van der Waals surface area contributed by atoms with Gasteiger partial charge in [-0.3, -0.25) is 19.2 Å². The van der Waals surface area contributed by atoms with Gasteiger partial charge in [0.25, 0.3) is 11.7 Å². The molecule has 1 amide bonds. The van der Waals surface area contributed by atoms with Crippen LogP contribution in [-0.2, 0) is 52.2 Å². The van der Waals surface area contributed by atoms with Gasteiger partial charge in [0.05, 0.1) is 23.6 Å². The van der Waals surface area contributed by atoms with Crippen molar-refractivity contribution in [2.75, 3.05) is 34.5 Å². The lowest BCUT2D eigenvalue weighted by Gasteiger charge is -2.50. The first-order valence-electron chi connectivity index (χ1n) is 24.3. The number of esters is 1. The number of ketones is 3. The molecule has 374 valence electrons. The van der Waals surface area contributed by atoms with Crippen LogP contribution < -0.4 is 0 Å². The Morgan fingerprint density at radius 1 is 0.896 bits per heavy atom. The molecule has 67 heavy (non-hydrogen) atoms. The van der Waals surface area contributed by atoms with Crippen LogP contribution in [0.25, 0.3) is 0 Å². The summed E-state index contributed by atoms with van der Waals surface area (Å²) in [5, 5.41) is 23.6. The third-order valence-corrected chi connectivity index (χ3v) is 18.0. The third kappa shape index (κ3) is 13.5. The summed E-state index contributed by atoms with van der Waals surface area (Å²) in [6, 6.07) is -1.12. The van der Waals surface area contributed by atoms with Crippen molar-refractivity contribution in [3.8, 4) is 0 Å². The summed E-state index contributed by atoms with van der Waals surface area (Å²) in [6.45, 7) is 12.6. The Kier molecular flexibility index (Phi) is 20.4. The number of Topliss-reactive ketones (excluding diaryl/α,β-unsaturated/α-hetero) is 3. The molecule has 17 atom stereocenters. The molecule has 3 saturated heterocycles. The molecule has 4 heterocycles. The van der Waals surface area contributed by atoms with Crippen molar-refractivity contribution in [3.05, 3.63) is 47.6 Å². The van der Waals surface area contributed by atoms with Gasteiger partial charge in [-0.2, -0.15) is 0 Å². The largest absolute Gasteiger partial charge is 0.460 e. The van der Waals surface area contributed by atoms with Crippen LogP contribution in [0.3, 0.4) is 0 Å². The first-order valence-corrected chi connectivity index (χ1v) is 27.5. The van der Waals surface area contributed by atoms with Gasteiger partial charge in [-0.05, 0) is 101 Å². The summed E-state index contributed by atoms with van der Waals surface area (Å²) in [6.07, 6.45) is 12.2. The Morgan fingerprint density at radius 2 is 1.63 bits per heavy atom. The number of allylic oxidation sites excluding steroid dienone is 6. The van der Waals surface area contributed by atoms with E-state index < -0.39 is 90.7 Å². The van der Waals surface area contributed by atoms with E-state index in [2.05, 4.69) is 0 Å². The fraction of sp³-hybridized carbons (Fsp3) is 0.745. The van der Waals surface area contributed by atoms with Crippen molar-refractivity contribution >= 4 is 47.6 Å². The SMILES string of the molecule is COC1CC2CCC(C)C(O)(O2)C(=O)C(=O)N2CCCC3C(CC4CCC(S[P+](C)=O)C(OC)C4)C(CC(=O)C(C)C=C(C)C(O)C(OC)C(=O)C(C)CC(C)C=CC=CC=C1C)OC(=O)C32. The van der Waals surface area contributed by atoms with Gasteiger partial charge >= 0.3 is 13.0 Å². The van der Waals surface area contributed by atoms with Gasteiger partial charge in [-0.1, -0.05) is 68.7 Å². The molecule has 4 bridgehead atoms. The summed E-state index contributed by atoms with van der Waals surface area (Å²) in [5.41, 5.74) is 1.28. The van der Waals surface area contributed by atoms with E-state index >= 15 is 0 Å². The summed E-state index contributed by atoms with van der Waals surface area (Å²) in [7, 11) is 3.17. The second kappa shape index (κ2) is 24.8. The molecule has 0 spiro atoms. The number of carbonyl (C=O) groups excluding carboxylic acids is 5. The van der Waals surface area contributed by atoms with Gasteiger partial charge in [-0.15, -0.1) is 0 Å². The minimum atomic E-state index is -2.44. The molecule has 5 aliphatic rings. The molecular formula is C51H77NO13PS+. The quantitative estimate of drug-likeness (QED) is 0.110. The summed E-state index contributed by atoms with van der Waals surface area (Å²) in [5.74, 6) is -8.36. The Morgan fingerprint density at radius 3 is 2.30 bits per heavy atom. The van der Waals surface area contributed by atoms with E-state index in [0.717, 1.165) is 18.4 Å². The minimum absolute atomic E-state index is 0.0210. The number of rotatable bonds is 7.